The van der Waals surface area contributed by atoms with Crippen molar-refractivity contribution in [1.82, 2.24) is 0 Å². The third-order valence-corrected chi connectivity index (χ3v) is 2.78. The Morgan fingerprint density at radius 1 is 1.33 bits per heavy atom. The van der Waals surface area contributed by atoms with E-state index in [0.717, 1.165) is 23.3 Å². The lowest BCUT2D eigenvalue weighted by Gasteiger charge is -1.96. The van der Waals surface area contributed by atoms with Crippen LogP contribution in [0.2, 0.25) is 0 Å². The number of nitrogens with zero attached hydrogens (tertiary/aromatic N) is 1. The van der Waals surface area contributed by atoms with Crippen molar-refractivity contribution in [2.75, 3.05) is 6.54 Å². The highest BCUT2D eigenvalue weighted by Crippen LogP contribution is 2.27. The van der Waals surface area contributed by atoms with Crippen molar-refractivity contribution in [3.8, 4) is 0 Å². The van der Waals surface area contributed by atoms with Gasteiger partial charge in [0.1, 0.15) is 11.3 Å². The molecule has 2 nitrogen and oxygen atoms in total. The van der Waals surface area contributed by atoms with Gasteiger partial charge < -0.3 is 9.26 Å². The normalized spacial score (nSPS) is 10.5. The summed E-state index contributed by atoms with van der Waals surface area (Å²) in [6.07, 6.45) is 0.771. The number of furan rings is 1. The Morgan fingerprint density at radius 3 is 2.87 bits per heavy atom. The van der Waals surface area contributed by atoms with Crippen molar-refractivity contribution in [3.05, 3.63) is 46.5 Å². The fraction of sp³-hybridized carbons (Fsp3) is 0.308. The van der Waals surface area contributed by atoms with Gasteiger partial charge in [-0.2, -0.15) is 0 Å². The van der Waals surface area contributed by atoms with Gasteiger partial charge in [0.25, 0.3) is 0 Å². The number of para-hydroxylation sites is 1. The van der Waals surface area contributed by atoms with E-state index in [1.165, 1.54) is 10.9 Å². The van der Waals surface area contributed by atoms with Gasteiger partial charge in [0, 0.05) is 17.4 Å². The van der Waals surface area contributed by atoms with Crippen LogP contribution in [-0.2, 0) is 6.42 Å². The summed E-state index contributed by atoms with van der Waals surface area (Å²) < 4.78 is 5.72. The van der Waals surface area contributed by atoms with E-state index in [2.05, 4.69) is 17.8 Å². The Balaban J connectivity index is 2.57. The molecule has 0 atom stereocenters. The topological polar surface area (TPSA) is 17.5 Å². The molecule has 0 aliphatic carbocycles. The first-order valence-corrected chi connectivity index (χ1v) is 5.05. The molecule has 15 heavy (non-hydrogen) atoms. The molecule has 0 fully saturated rings. The molecule has 2 heteroatoms. The van der Waals surface area contributed by atoms with Gasteiger partial charge in [0.15, 0.2) is 0 Å². The molecule has 0 N–H and O–H groups in total. The van der Waals surface area contributed by atoms with Crippen LogP contribution in [0.25, 0.3) is 15.8 Å². The van der Waals surface area contributed by atoms with Gasteiger partial charge in [0.2, 0.25) is 6.54 Å². The molecule has 0 aliphatic rings. The molecule has 0 bridgehead atoms. The van der Waals surface area contributed by atoms with Crippen LogP contribution >= 0.6 is 0 Å². The molecule has 0 unspecified atom stereocenters. The Bertz CT molecular complexity index is 531. The minimum Gasteiger partial charge on any atom is -0.461 e. The summed E-state index contributed by atoms with van der Waals surface area (Å²) >= 11 is 0. The zero-order valence-electron chi connectivity index (χ0n) is 9.00. The fourth-order valence-electron chi connectivity index (χ4n) is 1.79. The predicted octanol–water partition coefficient (Wildman–Crippen LogP) is 3.51. The summed E-state index contributed by atoms with van der Waals surface area (Å²) in [6, 6.07) is 6.14. The van der Waals surface area contributed by atoms with E-state index < -0.39 is 0 Å². The number of fused-ring (bicyclic) bond motifs is 1. The third-order valence-electron chi connectivity index (χ3n) is 2.78. The molecule has 1 aromatic carbocycles. The number of benzene rings is 1. The average molecular weight is 199 g/mol. The molecule has 0 saturated heterocycles. The van der Waals surface area contributed by atoms with Crippen molar-refractivity contribution < 1.29 is 4.42 Å². The Hall–Kier alpha value is -1.75. The SMILES string of the molecule is [C-]#[N+]CCc1cccc2c(C)c(C)oc12. The van der Waals surface area contributed by atoms with E-state index in [0.29, 0.717) is 6.54 Å². The number of rotatable bonds is 2. The van der Waals surface area contributed by atoms with E-state index in [1.807, 2.05) is 19.1 Å². The summed E-state index contributed by atoms with van der Waals surface area (Å²) in [4.78, 5) is 3.38. The second-order valence-electron chi connectivity index (χ2n) is 3.71. The van der Waals surface area contributed by atoms with Crippen LogP contribution in [0.4, 0.5) is 0 Å². The highest BCUT2D eigenvalue weighted by atomic mass is 16.3. The summed E-state index contributed by atoms with van der Waals surface area (Å²) in [5, 5.41) is 1.18. The second kappa shape index (κ2) is 3.78. The van der Waals surface area contributed by atoms with Crippen LogP contribution in [0.5, 0.6) is 0 Å². The van der Waals surface area contributed by atoms with E-state index >= 15 is 0 Å². The van der Waals surface area contributed by atoms with Gasteiger partial charge in [-0.1, -0.05) is 18.2 Å². The highest BCUT2D eigenvalue weighted by Gasteiger charge is 2.10. The Labute approximate surface area is 89.3 Å². The zero-order valence-corrected chi connectivity index (χ0v) is 9.00. The standard InChI is InChI=1S/C13H13NO/c1-9-10(2)15-13-11(7-8-14-3)5-4-6-12(9)13/h4-6H,7-8H2,1-2H3. The lowest BCUT2D eigenvalue weighted by atomic mass is 10.1. The first-order valence-electron chi connectivity index (χ1n) is 5.05. The minimum absolute atomic E-state index is 0.526. The maximum absolute atomic E-state index is 6.80. The second-order valence-corrected chi connectivity index (χ2v) is 3.71. The summed E-state index contributed by atoms with van der Waals surface area (Å²) in [5.74, 6) is 0.972. The molecule has 0 radical (unpaired) electrons. The van der Waals surface area contributed by atoms with Crippen LogP contribution < -0.4 is 0 Å². The molecule has 2 aromatic rings. The van der Waals surface area contributed by atoms with Gasteiger partial charge in [0.05, 0.1) is 0 Å². The quantitative estimate of drug-likeness (QED) is 0.676. The van der Waals surface area contributed by atoms with Crippen molar-refractivity contribution in [1.29, 1.82) is 0 Å². The molecule has 2 rings (SSSR count). The highest BCUT2D eigenvalue weighted by molar-refractivity contribution is 5.84. The van der Waals surface area contributed by atoms with E-state index in [-0.39, 0.29) is 0 Å². The summed E-state index contributed by atoms with van der Waals surface area (Å²) in [6.45, 7) is 11.4. The van der Waals surface area contributed by atoms with Gasteiger partial charge in [-0.3, -0.25) is 0 Å². The molecule has 0 aliphatic heterocycles. The van der Waals surface area contributed by atoms with Crippen molar-refractivity contribution in [2.45, 2.75) is 20.3 Å². The fourth-order valence-corrected chi connectivity index (χ4v) is 1.79. The third kappa shape index (κ3) is 1.61. The summed E-state index contributed by atoms with van der Waals surface area (Å²) in [5.41, 5.74) is 3.30. The molecule has 0 spiro atoms. The number of hydrogen-bond acceptors (Lipinski definition) is 1. The Morgan fingerprint density at radius 2 is 2.13 bits per heavy atom. The van der Waals surface area contributed by atoms with Crippen LogP contribution in [0.1, 0.15) is 16.9 Å². The number of hydrogen-bond donors (Lipinski definition) is 0. The van der Waals surface area contributed by atoms with Crippen LogP contribution in [0.3, 0.4) is 0 Å². The molecular weight excluding hydrogens is 186 g/mol. The van der Waals surface area contributed by atoms with Crippen molar-refractivity contribution in [2.24, 2.45) is 0 Å². The van der Waals surface area contributed by atoms with E-state index in [4.69, 9.17) is 11.0 Å². The van der Waals surface area contributed by atoms with Crippen molar-refractivity contribution >= 4 is 11.0 Å². The maximum atomic E-state index is 6.80. The molecule has 1 heterocycles. The average Bonchev–Trinajstić information content (AvgIpc) is 2.53. The summed E-state index contributed by atoms with van der Waals surface area (Å²) in [7, 11) is 0. The first kappa shape index (κ1) is 9.79. The first-order chi connectivity index (χ1) is 7.24. The van der Waals surface area contributed by atoms with Gasteiger partial charge in [-0.25, -0.2) is 6.57 Å². The molecular formula is C13H13NO. The molecule has 0 amide bonds. The zero-order chi connectivity index (χ0) is 10.8. The van der Waals surface area contributed by atoms with Gasteiger partial charge in [-0.05, 0) is 19.4 Å². The smallest absolute Gasteiger partial charge is 0.218 e. The minimum atomic E-state index is 0.526. The molecule has 0 saturated carbocycles. The molecule has 1 aromatic heterocycles. The lowest BCUT2D eigenvalue weighted by molar-refractivity contribution is 0.571. The number of aryl methyl sites for hydroxylation is 2. The van der Waals surface area contributed by atoms with Gasteiger partial charge in [-0.15, -0.1) is 0 Å². The van der Waals surface area contributed by atoms with Crippen molar-refractivity contribution in [3.63, 3.8) is 0 Å². The lowest BCUT2D eigenvalue weighted by Crippen LogP contribution is -1.87. The van der Waals surface area contributed by atoms with E-state index in [1.54, 1.807) is 0 Å². The van der Waals surface area contributed by atoms with Crippen LogP contribution in [0, 0.1) is 20.4 Å². The predicted molar refractivity (Wildman–Crippen MR) is 60.9 cm³/mol. The molecule has 76 valence electrons. The van der Waals surface area contributed by atoms with Gasteiger partial charge >= 0.3 is 0 Å². The Kier molecular flexibility index (Phi) is 2.47. The van der Waals surface area contributed by atoms with Crippen LogP contribution in [0.15, 0.2) is 22.6 Å². The largest absolute Gasteiger partial charge is 0.461 e. The van der Waals surface area contributed by atoms with E-state index in [9.17, 15) is 0 Å². The maximum Gasteiger partial charge on any atom is 0.218 e. The monoisotopic (exact) mass is 199 g/mol. The van der Waals surface area contributed by atoms with Crippen LogP contribution in [-0.4, -0.2) is 6.54 Å².